The molecule has 1 amide bonds. The standard InChI is InChI=1S/C26H18BrFN2O3S/c1-2-14-3-12-19-20(13-14)34-26(29-19)30-22(15-4-8-17(27)9-5-15)21(24(32)25(30)33)23(31)16-6-10-18(28)11-7-16/h3-13,22,31H,2H2,1H3/b23-21+. The van der Waals surface area contributed by atoms with Gasteiger partial charge in [0, 0.05) is 10.0 Å². The van der Waals surface area contributed by atoms with Gasteiger partial charge in [-0.2, -0.15) is 0 Å². The third-order valence-corrected chi connectivity index (χ3v) is 7.35. The fraction of sp³-hybridized carbons (Fsp3) is 0.115. The molecule has 1 unspecified atom stereocenters. The van der Waals surface area contributed by atoms with Crippen LogP contribution in [0.4, 0.5) is 9.52 Å². The van der Waals surface area contributed by atoms with E-state index in [9.17, 15) is 19.1 Å². The van der Waals surface area contributed by atoms with E-state index in [-0.39, 0.29) is 16.9 Å². The molecular formula is C26H18BrFN2O3S. The van der Waals surface area contributed by atoms with Gasteiger partial charge in [0.1, 0.15) is 11.6 Å². The number of ketones is 1. The lowest BCUT2D eigenvalue weighted by Crippen LogP contribution is -2.29. The number of anilines is 1. The molecule has 0 bridgehead atoms. The molecule has 0 spiro atoms. The average Bonchev–Trinajstić information content (AvgIpc) is 3.37. The highest BCUT2D eigenvalue weighted by atomic mass is 79.9. The molecular weight excluding hydrogens is 519 g/mol. The highest BCUT2D eigenvalue weighted by Gasteiger charge is 2.48. The Kier molecular flexibility index (Phi) is 5.79. The van der Waals surface area contributed by atoms with Crippen LogP contribution in [0.15, 0.2) is 76.8 Å². The molecule has 170 valence electrons. The molecule has 1 aliphatic rings. The average molecular weight is 537 g/mol. The Morgan fingerprint density at radius 2 is 1.79 bits per heavy atom. The summed E-state index contributed by atoms with van der Waals surface area (Å²) in [7, 11) is 0. The largest absolute Gasteiger partial charge is 0.507 e. The van der Waals surface area contributed by atoms with E-state index >= 15 is 0 Å². The number of carbonyl (C=O) groups is 2. The highest BCUT2D eigenvalue weighted by molar-refractivity contribution is 9.10. The topological polar surface area (TPSA) is 70.5 Å². The van der Waals surface area contributed by atoms with E-state index in [0.717, 1.165) is 26.7 Å². The zero-order valence-electron chi connectivity index (χ0n) is 18.0. The number of aryl methyl sites for hydroxylation is 1. The van der Waals surface area contributed by atoms with Crippen LogP contribution in [0.2, 0.25) is 0 Å². The summed E-state index contributed by atoms with van der Waals surface area (Å²) in [5, 5.41) is 11.5. The summed E-state index contributed by atoms with van der Waals surface area (Å²) < 4.78 is 15.2. The number of nitrogens with zero attached hydrogens (tertiary/aromatic N) is 2. The van der Waals surface area contributed by atoms with Crippen molar-refractivity contribution in [1.82, 2.24) is 4.98 Å². The number of halogens is 2. The van der Waals surface area contributed by atoms with Gasteiger partial charge in [0.05, 0.1) is 21.8 Å². The number of hydrogen-bond donors (Lipinski definition) is 1. The van der Waals surface area contributed by atoms with Gasteiger partial charge < -0.3 is 5.11 Å². The van der Waals surface area contributed by atoms with E-state index in [1.54, 1.807) is 24.3 Å². The van der Waals surface area contributed by atoms with E-state index in [1.807, 2.05) is 18.2 Å². The van der Waals surface area contributed by atoms with Crippen molar-refractivity contribution in [2.75, 3.05) is 4.90 Å². The van der Waals surface area contributed by atoms with E-state index in [2.05, 4.69) is 27.8 Å². The molecule has 34 heavy (non-hydrogen) atoms. The van der Waals surface area contributed by atoms with E-state index < -0.39 is 23.5 Å². The molecule has 0 radical (unpaired) electrons. The maximum absolute atomic E-state index is 13.4. The van der Waals surface area contributed by atoms with E-state index in [0.29, 0.717) is 10.7 Å². The maximum atomic E-state index is 13.4. The normalized spacial score (nSPS) is 17.6. The number of hydrogen-bond acceptors (Lipinski definition) is 5. The molecule has 5 rings (SSSR count). The molecule has 2 heterocycles. The van der Waals surface area contributed by atoms with Crippen molar-refractivity contribution in [2.24, 2.45) is 0 Å². The number of aliphatic hydroxyl groups is 1. The molecule has 1 aliphatic heterocycles. The van der Waals surface area contributed by atoms with Crippen molar-refractivity contribution < 1.29 is 19.1 Å². The quantitative estimate of drug-likeness (QED) is 0.186. The second-order valence-electron chi connectivity index (χ2n) is 7.88. The maximum Gasteiger partial charge on any atom is 0.301 e. The molecule has 1 fully saturated rings. The summed E-state index contributed by atoms with van der Waals surface area (Å²) in [6.45, 7) is 2.06. The number of amides is 1. The minimum Gasteiger partial charge on any atom is -0.507 e. The number of rotatable bonds is 4. The zero-order chi connectivity index (χ0) is 24.0. The Hall–Kier alpha value is -3.36. The molecule has 1 atom stereocenters. The molecule has 1 saturated heterocycles. The molecule has 8 heteroatoms. The molecule has 0 saturated carbocycles. The van der Waals surface area contributed by atoms with Crippen molar-refractivity contribution in [3.8, 4) is 0 Å². The minimum absolute atomic E-state index is 0.0626. The van der Waals surface area contributed by atoms with E-state index in [4.69, 9.17) is 0 Å². The summed E-state index contributed by atoms with van der Waals surface area (Å²) in [6.07, 6.45) is 0.865. The van der Waals surface area contributed by atoms with Crippen molar-refractivity contribution in [1.29, 1.82) is 0 Å². The Balaban J connectivity index is 1.71. The van der Waals surface area contributed by atoms with Gasteiger partial charge in [-0.3, -0.25) is 14.5 Å². The van der Waals surface area contributed by atoms with Gasteiger partial charge >= 0.3 is 5.91 Å². The second-order valence-corrected chi connectivity index (χ2v) is 9.80. The molecule has 1 aromatic heterocycles. The van der Waals surface area contributed by atoms with Crippen LogP contribution in [0.25, 0.3) is 16.0 Å². The van der Waals surface area contributed by atoms with Gasteiger partial charge in [-0.15, -0.1) is 0 Å². The summed E-state index contributed by atoms with van der Waals surface area (Å²) in [4.78, 5) is 32.5. The van der Waals surface area contributed by atoms with Crippen LogP contribution in [0.1, 0.15) is 29.7 Å². The van der Waals surface area contributed by atoms with Crippen LogP contribution in [0.5, 0.6) is 0 Å². The molecule has 1 N–H and O–H groups in total. The first kappa shape index (κ1) is 22.4. The Bertz CT molecular complexity index is 1460. The predicted molar refractivity (Wildman–Crippen MR) is 134 cm³/mol. The SMILES string of the molecule is CCc1ccc2nc(N3C(=O)C(=O)/C(=C(/O)c4ccc(F)cc4)C3c3ccc(Br)cc3)sc2c1. The number of aliphatic hydroxyl groups excluding tert-OH is 1. The minimum atomic E-state index is -0.885. The Labute approximate surface area is 207 Å². The van der Waals surface area contributed by atoms with Crippen LogP contribution >= 0.6 is 27.3 Å². The van der Waals surface area contributed by atoms with Crippen molar-refractivity contribution >= 4 is 60.1 Å². The van der Waals surface area contributed by atoms with E-state index in [1.165, 1.54) is 40.5 Å². The monoisotopic (exact) mass is 536 g/mol. The van der Waals surface area contributed by atoms with Gasteiger partial charge in [0.25, 0.3) is 5.78 Å². The van der Waals surface area contributed by atoms with Crippen LogP contribution in [-0.2, 0) is 16.0 Å². The molecule has 0 aliphatic carbocycles. The second kappa shape index (κ2) is 8.77. The lowest BCUT2D eigenvalue weighted by atomic mass is 9.95. The molecule has 5 nitrogen and oxygen atoms in total. The third-order valence-electron chi connectivity index (χ3n) is 5.80. The predicted octanol–water partition coefficient (Wildman–Crippen LogP) is 6.39. The van der Waals surface area contributed by atoms with Gasteiger partial charge in [-0.25, -0.2) is 9.37 Å². The Morgan fingerprint density at radius 1 is 1.09 bits per heavy atom. The van der Waals surface area contributed by atoms with Crippen LogP contribution in [0.3, 0.4) is 0 Å². The Morgan fingerprint density at radius 3 is 2.47 bits per heavy atom. The van der Waals surface area contributed by atoms with Gasteiger partial charge in [0.15, 0.2) is 5.13 Å². The molecule has 3 aromatic carbocycles. The van der Waals surface area contributed by atoms with Gasteiger partial charge in [0.2, 0.25) is 0 Å². The third kappa shape index (κ3) is 3.82. The lowest BCUT2D eigenvalue weighted by Gasteiger charge is -2.23. The number of benzene rings is 3. The number of Topliss-reactive ketones (excluding diaryl/α,β-unsaturated/α-hetero) is 1. The van der Waals surface area contributed by atoms with Crippen molar-refractivity contribution in [3.05, 3.63) is 99.3 Å². The summed E-state index contributed by atoms with van der Waals surface area (Å²) in [5.74, 6) is -2.42. The fourth-order valence-corrected chi connectivity index (χ4v) is 5.35. The smallest absolute Gasteiger partial charge is 0.301 e. The van der Waals surface area contributed by atoms with Crippen molar-refractivity contribution in [3.63, 3.8) is 0 Å². The first-order valence-corrected chi connectivity index (χ1v) is 12.2. The lowest BCUT2D eigenvalue weighted by molar-refractivity contribution is -0.132. The number of carbonyl (C=O) groups excluding carboxylic acids is 2. The first-order chi connectivity index (χ1) is 16.4. The summed E-state index contributed by atoms with van der Waals surface area (Å²) in [5.41, 5.74) is 2.70. The highest BCUT2D eigenvalue weighted by Crippen LogP contribution is 2.44. The fourth-order valence-electron chi connectivity index (χ4n) is 4.03. The number of thiazole rings is 1. The zero-order valence-corrected chi connectivity index (χ0v) is 20.4. The summed E-state index contributed by atoms with van der Waals surface area (Å²) in [6, 6.07) is 17.3. The van der Waals surface area contributed by atoms with Crippen LogP contribution in [0, 0.1) is 5.82 Å². The first-order valence-electron chi connectivity index (χ1n) is 10.6. The summed E-state index contributed by atoms with van der Waals surface area (Å²) >= 11 is 4.73. The van der Waals surface area contributed by atoms with Gasteiger partial charge in [-0.1, -0.05) is 52.4 Å². The number of aromatic nitrogens is 1. The van der Waals surface area contributed by atoms with Crippen molar-refractivity contribution in [2.45, 2.75) is 19.4 Å². The number of fused-ring (bicyclic) bond motifs is 1. The van der Waals surface area contributed by atoms with Crippen LogP contribution in [-0.4, -0.2) is 21.8 Å². The van der Waals surface area contributed by atoms with Gasteiger partial charge in [-0.05, 0) is 66.1 Å². The molecule has 4 aromatic rings. The van der Waals surface area contributed by atoms with Crippen LogP contribution < -0.4 is 4.90 Å².